The maximum absolute atomic E-state index is 15.0. The van der Waals surface area contributed by atoms with Crippen molar-refractivity contribution < 1.29 is 59.0 Å². The van der Waals surface area contributed by atoms with Crippen molar-refractivity contribution >= 4 is 33.3 Å². The summed E-state index contributed by atoms with van der Waals surface area (Å²) < 4.78 is 124. The van der Waals surface area contributed by atoms with Gasteiger partial charge in [-0.25, -0.2) is 12.8 Å². The molecule has 2 aliphatic carbocycles. The summed E-state index contributed by atoms with van der Waals surface area (Å²) in [6.07, 6.45) is -14.1. The van der Waals surface area contributed by atoms with E-state index in [4.69, 9.17) is 11.6 Å². The highest BCUT2D eigenvalue weighted by atomic mass is 35.5. The van der Waals surface area contributed by atoms with Crippen molar-refractivity contribution in [2.24, 2.45) is 5.92 Å². The Morgan fingerprint density at radius 1 is 0.935 bits per heavy atom. The molecule has 1 aliphatic heterocycles. The molecule has 3 aliphatic rings. The molecule has 0 spiro atoms. The van der Waals surface area contributed by atoms with Crippen molar-refractivity contribution in [2.75, 3.05) is 6.54 Å². The Labute approximate surface area is 264 Å². The molecule has 0 aromatic heterocycles. The van der Waals surface area contributed by atoms with Crippen molar-refractivity contribution in [3.8, 4) is 0 Å². The average Bonchev–Trinajstić information content (AvgIpc) is 3.38. The Balaban J connectivity index is 1.66. The number of hydrogen-bond acceptors (Lipinski definition) is 5. The number of carbonyl (C=O) groups is 2. The number of aryl methyl sites for hydroxylation is 2. The lowest BCUT2D eigenvalue weighted by Gasteiger charge is -2.45. The first-order valence-electron chi connectivity index (χ1n) is 14.3. The summed E-state index contributed by atoms with van der Waals surface area (Å²) in [5, 5.41) is 20.9. The Kier molecular flexibility index (Phi) is 8.29. The van der Waals surface area contributed by atoms with E-state index >= 15 is 4.39 Å². The Morgan fingerprint density at radius 3 is 2.09 bits per heavy atom. The van der Waals surface area contributed by atoms with E-state index < -0.39 is 67.6 Å². The zero-order chi connectivity index (χ0) is 34.3. The molecule has 2 atom stereocenters. The normalized spacial score (nSPS) is 27.2. The predicted octanol–water partition coefficient (Wildman–Crippen LogP) is 6.16. The van der Waals surface area contributed by atoms with E-state index in [2.05, 4.69) is 0 Å². The van der Waals surface area contributed by atoms with E-state index in [-0.39, 0.29) is 78.6 Å². The van der Waals surface area contributed by atoms with Gasteiger partial charge in [-0.1, -0.05) is 29.8 Å². The molecule has 1 heterocycles. The van der Waals surface area contributed by atoms with Crippen LogP contribution in [0.5, 0.6) is 0 Å². The Morgan fingerprint density at radius 2 is 1.54 bits per heavy atom. The zero-order valence-corrected chi connectivity index (χ0v) is 25.8. The number of amides is 1. The summed E-state index contributed by atoms with van der Waals surface area (Å²) in [5.41, 5.74) is -9.58. The van der Waals surface area contributed by atoms with E-state index in [1.165, 1.54) is 30.0 Å². The zero-order valence-electron chi connectivity index (χ0n) is 24.2. The number of halogens is 8. The number of carboxylic acids is 1. The van der Waals surface area contributed by atoms with Crippen LogP contribution in [0.2, 0.25) is 5.02 Å². The fourth-order valence-electron chi connectivity index (χ4n) is 7.29. The number of benzene rings is 2. The van der Waals surface area contributed by atoms with Crippen molar-refractivity contribution in [3.63, 3.8) is 0 Å². The van der Waals surface area contributed by atoms with Gasteiger partial charge < -0.3 is 15.1 Å². The smallest absolute Gasteiger partial charge is 0.435 e. The molecule has 16 heteroatoms. The van der Waals surface area contributed by atoms with Gasteiger partial charge in [0.05, 0.1) is 16.9 Å². The number of alkyl halides is 7. The number of aliphatic hydroxyl groups is 1. The lowest BCUT2D eigenvalue weighted by Crippen LogP contribution is -2.57. The standard InChI is InChI=1S/C30H29ClF7NO6S/c1-16-14-20(4-6-22(16)31)46(44,45)27-12-13-39(25(42)26(43)10-8-17(9-11-26)24(40)41)23(27)7-2-18-15-19(3-5-21(18)27)28(32,29(33,34)35)30(36,37)38/h3-6,14-15,17,23,43H,2,7-13H2,1H3,(H,40,41)/t17-,23?,26+,27?. The molecule has 5 rings (SSSR count). The molecule has 1 saturated heterocycles. The molecule has 1 amide bonds. The molecule has 0 bridgehead atoms. The van der Waals surface area contributed by atoms with Gasteiger partial charge in [-0.05, 0) is 86.8 Å². The third-order valence-electron chi connectivity index (χ3n) is 9.81. The largest absolute Gasteiger partial charge is 0.481 e. The lowest BCUT2D eigenvalue weighted by molar-refractivity contribution is -0.348. The van der Waals surface area contributed by atoms with E-state index in [9.17, 15) is 54.6 Å². The topological polar surface area (TPSA) is 112 Å². The van der Waals surface area contributed by atoms with Crippen LogP contribution in [0.3, 0.4) is 0 Å². The summed E-state index contributed by atoms with van der Waals surface area (Å²) in [7, 11) is -4.61. The number of carboxylic acid groups (broad SMARTS) is 1. The van der Waals surface area contributed by atoms with E-state index in [0.717, 1.165) is 6.07 Å². The first-order chi connectivity index (χ1) is 21.1. The summed E-state index contributed by atoms with van der Waals surface area (Å²) in [5.74, 6) is -2.72. The third-order valence-corrected chi connectivity index (χ3v) is 12.8. The van der Waals surface area contributed by atoms with Crippen molar-refractivity contribution in [3.05, 3.63) is 63.7 Å². The van der Waals surface area contributed by atoms with Gasteiger partial charge in [-0.15, -0.1) is 0 Å². The van der Waals surface area contributed by atoms with Crippen molar-refractivity contribution in [1.82, 2.24) is 4.90 Å². The van der Waals surface area contributed by atoms with Gasteiger partial charge >= 0.3 is 24.0 Å². The number of nitrogens with zero attached hydrogens (tertiary/aromatic N) is 1. The fraction of sp³-hybridized carbons (Fsp3) is 0.533. The van der Waals surface area contributed by atoms with Crippen LogP contribution in [0.4, 0.5) is 30.7 Å². The molecule has 252 valence electrons. The van der Waals surface area contributed by atoms with Gasteiger partial charge in [-0.3, -0.25) is 9.59 Å². The predicted molar refractivity (Wildman–Crippen MR) is 149 cm³/mol. The summed E-state index contributed by atoms with van der Waals surface area (Å²) in [6, 6.07) is 3.97. The average molecular weight is 700 g/mol. The molecule has 1 saturated carbocycles. The minimum atomic E-state index is -6.38. The third kappa shape index (κ3) is 4.99. The number of carbonyl (C=O) groups excluding carboxylic acids is 1. The number of sulfone groups is 1. The van der Waals surface area contributed by atoms with E-state index in [1.807, 2.05) is 0 Å². The van der Waals surface area contributed by atoms with Crippen LogP contribution in [-0.4, -0.2) is 65.9 Å². The molecular formula is C30H29ClF7NO6S. The second kappa shape index (κ2) is 11.1. The molecule has 46 heavy (non-hydrogen) atoms. The lowest BCUT2D eigenvalue weighted by atomic mass is 9.75. The second-order valence-electron chi connectivity index (χ2n) is 12.3. The minimum absolute atomic E-state index is 0.0153. The van der Waals surface area contributed by atoms with Crippen molar-refractivity contribution in [2.45, 2.75) is 91.2 Å². The van der Waals surface area contributed by atoms with Crippen LogP contribution in [0.1, 0.15) is 60.8 Å². The van der Waals surface area contributed by atoms with Gasteiger partial charge in [0.1, 0.15) is 10.3 Å². The maximum Gasteiger partial charge on any atom is 0.435 e. The molecule has 2 N–H and O–H groups in total. The summed E-state index contributed by atoms with van der Waals surface area (Å²) in [6.45, 7) is 1.28. The Bertz CT molecular complexity index is 1670. The second-order valence-corrected chi connectivity index (χ2v) is 14.9. The highest BCUT2D eigenvalue weighted by Gasteiger charge is 2.74. The van der Waals surface area contributed by atoms with Gasteiger partial charge in [0.25, 0.3) is 5.91 Å². The maximum atomic E-state index is 15.0. The number of rotatable bonds is 5. The number of likely N-dealkylation sites (tertiary alicyclic amines) is 1. The van der Waals surface area contributed by atoms with Gasteiger partial charge in [0.2, 0.25) is 0 Å². The van der Waals surface area contributed by atoms with Crippen LogP contribution >= 0.6 is 11.6 Å². The van der Waals surface area contributed by atoms with Crippen molar-refractivity contribution in [1.29, 1.82) is 0 Å². The number of fused-ring (bicyclic) bond motifs is 3. The highest BCUT2D eigenvalue weighted by Crippen LogP contribution is 2.57. The first-order valence-corrected chi connectivity index (χ1v) is 16.2. The molecule has 2 aromatic carbocycles. The minimum Gasteiger partial charge on any atom is -0.481 e. The van der Waals surface area contributed by atoms with Crippen LogP contribution in [0.15, 0.2) is 41.3 Å². The number of hydrogen-bond donors (Lipinski definition) is 2. The van der Waals surface area contributed by atoms with E-state index in [1.54, 1.807) is 0 Å². The fourth-order valence-corrected chi connectivity index (χ4v) is 9.86. The van der Waals surface area contributed by atoms with Gasteiger partial charge in [0, 0.05) is 17.1 Å². The van der Waals surface area contributed by atoms with Crippen LogP contribution in [-0.2, 0) is 36.3 Å². The SMILES string of the molecule is Cc1cc(S(=O)(=O)C23CCN(C(=O)[C@]4(O)CC[C@@H](C(=O)O)CC4)C2CCc2cc(C(F)(C(F)(F)F)C(F)(F)F)ccc23)ccc1Cl. The summed E-state index contributed by atoms with van der Waals surface area (Å²) >= 11 is 6.11. The summed E-state index contributed by atoms with van der Waals surface area (Å²) in [4.78, 5) is 26.2. The molecule has 7 nitrogen and oxygen atoms in total. The first kappa shape index (κ1) is 34.4. The van der Waals surface area contributed by atoms with Gasteiger partial charge in [0.15, 0.2) is 9.84 Å². The molecule has 2 fully saturated rings. The quantitative estimate of drug-likeness (QED) is 0.362. The van der Waals surface area contributed by atoms with Crippen LogP contribution in [0.25, 0.3) is 0 Å². The Hall–Kier alpha value is -2.91. The molecule has 0 radical (unpaired) electrons. The van der Waals surface area contributed by atoms with E-state index in [0.29, 0.717) is 11.6 Å². The molecule has 2 aromatic rings. The van der Waals surface area contributed by atoms with Gasteiger partial charge in [-0.2, -0.15) is 26.3 Å². The van der Waals surface area contributed by atoms with Crippen LogP contribution < -0.4 is 0 Å². The molecular weight excluding hydrogens is 671 g/mol. The number of aliphatic carboxylic acids is 1. The highest BCUT2D eigenvalue weighted by molar-refractivity contribution is 7.92. The monoisotopic (exact) mass is 699 g/mol. The van der Waals surface area contributed by atoms with Crippen LogP contribution in [0, 0.1) is 12.8 Å². The molecule has 2 unspecified atom stereocenters.